The van der Waals surface area contributed by atoms with Gasteiger partial charge in [-0.1, -0.05) is 96.0 Å². The van der Waals surface area contributed by atoms with Gasteiger partial charge in [0.2, 0.25) is 0 Å². The number of ether oxygens (including phenoxy) is 3. The SMILES string of the molecule is CCCCCCCCCCC(C)OC(=O)C(CC(C)C(=O)OCCOC)CC(CC(C#N)CC(CC)c1ccccc1)C(=O)O. The first-order valence-corrected chi connectivity index (χ1v) is 17.2. The minimum atomic E-state index is -1.05. The van der Waals surface area contributed by atoms with Crippen molar-refractivity contribution in [2.24, 2.45) is 23.7 Å². The Bertz CT molecular complexity index is 992. The summed E-state index contributed by atoms with van der Waals surface area (Å²) in [6.45, 7) is 8.19. The van der Waals surface area contributed by atoms with Gasteiger partial charge in [0, 0.05) is 13.0 Å². The van der Waals surface area contributed by atoms with Crippen molar-refractivity contribution in [3.63, 3.8) is 0 Å². The summed E-state index contributed by atoms with van der Waals surface area (Å²) in [7, 11) is 1.52. The van der Waals surface area contributed by atoms with Gasteiger partial charge in [0.05, 0.1) is 36.5 Å². The molecule has 254 valence electrons. The van der Waals surface area contributed by atoms with Gasteiger partial charge in [0.15, 0.2) is 0 Å². The summed E-state index contributed by atoms with van der Waals surface area (Å²) in [5.74, 6) is -4.75. The molecule has 45 heavy (non-hydrogen) atoms. The minimum Gasteiger partial charge on any atom is -0.481 e. The number of benzene rings is 1. The molecule has 0 heterocycles. The Hall–Kier alpha value is -2.92. The zero-order valence-electron chi connectivity index (χ0n) is 28.5. The van der Waals surface area contributed by atoms with E-state index in [0.29, 0.717) is 6.42 Å². The first kappa shape index (κ1) is 40.1. The highest BCUT2D eigenvalue weighted by atomic mass is 16.6. The predicted molar refractivity (Wildman–Crippen MR) is 176 cm³/mol. The first-order chi connectivity index (χ1) is 21.7. The lowest BCUT2D eigenvalue weighted by molar-refractivity contribution is -0.157. The van der Waals surface area contributed by atoms with Crippen LogP contribution in [0.3, 0.4) is 0 Å². The summed E-state index contributed by atoms with van der Waals surface area (Å²) in [6, 6.07) is 12.3. The van der Waals surface area contributed by atoms with Gasteiger partial charge >= 0.3 is 17.9 Å². The normalized spacial score (nSPS) is 15.2. The van der Waals surface area contributed by atoms with Crippen LogP contribution in [0.25, 0.3) is 0 Å². The first-order valence-electron chi connectivity index (χ1n) is 17.2. The smallest absolute Gasteiger partial charge is 0.309 e. The monoisotopic (exact) mass is 629 g/mol. The molecule has 1 aromatic rings. The summed E-state index contributed by atoms with van der Waals surface area (Å²) in [5.41, 5.74) is 1.12. The summed E-state index contributed by atoms with van der Waals surface area (Å²) < 4.78 is 16.1. The molecule has 0 aliphatic carbocycles. The number of unbranched alkanes of at least 4 members (excludes halogenated alkanes) is 7. The number of nitriles is 1. The third-order valence-electron chi connectivity index (χ3n) is 8.69. The van der Waals surface area contributed by atoms with E-state index in [4.69, 9.17) is 14.2 Å². The van der Waals surface area contributed by atoms with Gasteiger partial charge in [0.1, 0.15) is 6.61 Å². The molecule has 0 radical (unpaired) electrons. The van der Waals surface area contributed by atoms with E-state index in [1.807, 2.05) is 37.3 Å². The fourth-order valence-corrected chi connectivity index (χ4v) is 5.89. The molecule has 1 N–H and O–H groups in total. The van der Waals surface area contributed by atoms with E-state index in [1.165, 1.54) is 45.6 Å². The Balaban J connectivity index is 2.92. The highest BCUT2D eigenvalue weighted by Gasteiger charge is 2.34. The van der Waals surface area contributed by atoms with Crippen LogP contribution in [-0.2, 0) is 28.6 Å². The quantitative estimate of drug-likeness (QED) is 0.0799. The molecule has 0 spiro atoms. The number of rotatable bonds is 26. The zero-order chi connectivity index (χ0) is 33.5. The number of carbonyl (C=O) groups is 3. The Labute approximate surface area is 272 Å². The summed E-state index contributed by atoms with van der Waals surface area (Å²) in [6.07, 6.45) is 11.5. The van der Waals surface area contributed by atoms with E-state index in [2.05, 4.69) is 19.9 Å². The number of carboxylic acids is 1. The maximum atomic E-state index is 13.5. The molecule has 0 saturated carbocycles. The molecule has 0 aliphatic heterocycles. The molecule has 6 unspecified atom stereocenters. The van der Waals surface area contributed by atoms with Crippen molar-refractivity contribution < 1.29 is 33.7 Å². The fourth-order valence-electron chi connectivity index (χ4n) is 5.89. The van der Waals surface area contributed by atoms with Crippen molar-refractivity contribution in [1.82, 2.24) is 0 Å². The second kappa shape index (κ2) is 24.3. The summed E-state index contributed by atoms with van der Waals surface area (Å²) in [4.78, 5) is 38.6. The van der Waals surface area contributed by atoms with E-state index in [0.717, 1.165) is 31.2 Å². The lowest BCUT2D eigenvalue weighted by Crippen LogP contribution is -2.31. The maximum absolute atomic E-state index is 13.5. The number of esters is 2. The zero-order valence-corrected chi connectivity index (χ0v) is 28.5. The molecular formula is C37H59NO7. The number of hydrogen-bond donors (Lipinski definition) is 1. The van der Waals surface area contributed by atoms with Gasteiger partial charge in [-0.2, -0.15) is 5.26 Å². The second-order valence-corrected chi connectivity index (χ2v) is 12.6. The molecule has 1 rings (SSSR count). The van der Waals surface area contributed by atoms with Crippen molar-refractivity contribution in [1.29, 1.82) is 5.26 Å². The van der Waals surface area contributed by atoms with Crippen molar-refractivity contribution in [2.45, 2.75) is 130 Å². The van der Waals surface area contributed by atoms with Gasteiger partial charge in [-0.15, -0.1) is 0 Å². The Morgan fingerprint density at radius 1 is 0.822 bits per heavy atom. The number of aliphatic carboxylic acids is 1. The van der Waals surface area contributed by atoms with Gasteiger partial charge in [-0.25, -0.2) is 0 Å². The molecule has 0 amide bonds. The van der Waals surface area contributed by atoms with Crippen LogP contribution in [0, 0.1) is 35.0 Å². The summed E-state index contributed by atoms with van der Waals surface area (Å²) in [5, 5.41) is 20.2. The molecule has 0 saturated heterocycles. The highest BCUT2D eigenvalue weighted by molar-refractivity contribution is 5.77. The van der Waals surface area contributed by atoms with Crippen molar-refractivity contribution in [3.8, 4) is 6.07 Å². The predicted octanol–water partition coefficient (Wildman–Crippen LogP) is 8.49. The highest BCUT2D eigenvalue weighted by Crippen LogP contribution is 2.33. The van der Waals surface area contributed by atoms with Crippen LogP contribution in [0.2, 0.25) is 0 Å². The van der Waals surface area contributed by atoms with E-state index in [1.54, 1.807) is 6.92 Å². The minimum absolute atomic E-state index is 0.00531. The molecule has 0 fully saturated rings. The average molecular weight is 630 g/mol. The Morgan fingerprint density at radius 3 is 2.04 bits per heavy atom. The summed E-state index contributed by atoms with van der Waals surface area (Å²) >= 11 is 0. The van der Waals surface area contributed by atoms with Gasteiger partial charge in [-0.3, -0.25) is 14.4 Å². The van der Waals surface area contributed by atoms with Gasteiger partial charge < -0.3 is 19.3 Å². The molecule has 6 atom stereocenters. The lowest BCUT2D eigenvalue weighted by Gasteiger charge is -2.26. The maximum Gasteiger partial charge on any atom is 0.309 e. The van der Waals surface area contributed by atoms with E-state index >= 15 is 0 Å². The topological polar surface area (TPSA) is 123 Å². The van der Waals surface area contributed by atoms with Gasteiger partial charge in [-0.05, 0) is 63.4 Å². The van der Waals surface area contributed by atoms with E-state index in [9.17, 15) is 24.8 Å². The number of nitrogens with zero attached hydrogens (tertiary/aromatic N) is 1. The molecule has 0 aromatic heterocycles. The van der Waals surface area contributed by atoms with Crippen LogP contribution < -0.4 is 0 Å². The number of carbonyl (C=O) groups excluding carboxylic acids is 2. The van der Waals surface area contributed by atoms with Crippen LogP contribution in [0.4, 0.5) is 0 Å². The van der Waals surface area contributed by atoms with E-state index < -0.39 is 41.6 Å². The van der Waals surface area contributed by atoms with Crippen molar-refractivity contribution >= 4 is 17.9 Å². The van der Waals surface area contributed by atoms with Crippen LogP contribution in [0.5, 0.6) is 0 Å². The van der Waals surface area contributed by atoms with Crippen molar-refractivity contribution in [2.75, 3.05) is 20.3 Å². The fraction of sp³-hybridized carbons (Fsp3) is 0.730. The molecule has 0 aliphatic rings. The van der Waals surface area contributed by atoms with Crippen molar-refractivity contribution in [3.05, 3.63) is 35.9 Å². The molecular weight excluding hydrogens is 570 g/mol. The number of hydrogen-bond acceptors (Lipinski definition) is 7. The third-order valence-corrected chi connectivity index (χ3v) is 8.69. The average Bonchev–Trinajstić information content (AvgIpc) is 3.03. The van der Waals surface area contributed by atoms with Crippen LogP contribution >= 0.6 is 0 Å². The lowest BCUT2D eigenvalue weighted by atomic mass is 9.79. The van der Waals surface area contributed by atoms with Gasteiger partial charge in [0.25, 0.3) is 0 Å². The molecule has 1 aromatic carbocycles. The Kier molecular flexibility index (Phi) is 21.7. The molecule has 0 bridgehead atoms. The van der Waals surface area contributed by atoms with Crippen LogP contribution in [-0.4, -0.2) is 49.4 Å². The standard InChI is InChI=1S/C37H59NO7/c1-6-8-9-10-11-12-13-15-18-29(4)45-37(42)34(23-28(3)36(41)44-22-21-43-5)26-33(35(39)40)25-30(27-38)24-31(7-2)32-19-16-14-17-20-32/h14,16-17,19-20,28-31,33-34H,6-13,15,18,21-26H2,1-5H3,(H,39,40). The number of carboxylic acid groups (broad SMARTS) is 1. The third kappa shape index (κ3) is 17.4. The van der Waals surface area contributed by atoms with E-state index in [-0.39, 0.29) is 44.5 Å². The van der Waals surface area contributed by atoms with Crippen LogP contribution in [0.1, 0.15) is 129 Å². The second-order valence-electron chi connectivity index (χ2n) is 12.6. The molecule has 8 heteroatoms. The molecule has 8 nitrogen and oxygen atoms in total. The largest absolute Gasteiger partial charge is 0.481 e. The van der Waals surface area contributed by atoms with Crippen LogP contribution in [0.15, 0.2) is 30.3 Å². The number of methoxy groups -OCH3 is 1. The Morgan fingerprint density at radius 2 is 1.47 bits per heavy atom.